The quantitative estimate of drug-likeness (QED) is 0.185. The number of hydrogen-bond donors (Lipinski definition) is 3. The number of nitrogens with one attached hydrogen (secondary N) is 2. The highest BCUT2D eigenvalue weighted by Gasteiger charge is 2.11. The number of guanidine groups is 1. The second kappa shape index (κ2) is 15.0. The van der Waals surface area contributed by atoms with Crippen LogP contribution in [0.3, 0.4) is 0 Å². The fourth-order valence-electron chi connectivity index (χ4n) is 2.73. The lowest BCUT2D eigenvalue weighted by molar-refractivity contribution is 0.265. The number of aliphatic imine (C=N–C) groups is 1. The van der Waals surface area contributed by atoms with Crippen molar-refractivity contribution < 1.29 is 9.84 Å². The van der Waals surface area contributed by atoms with Gasteiger partial charge in [0, 0.05) is 30.8 Å². The van der Waals surface area contributed by atoms with Crippen molar-refractivity contribution in [2.45, 2.75) is 39.2 Å². The lowest BCUT2D eigenvalue weighted by atomic mass is 10.0. The number of hydrogen-bond acceptors (Lipinski definition) is 4. The van der Waals surface area contributed by atoms with E-state index in [0.29, 0.717) is 31.5 Å². The van der Waals surface area contributed by atoms with Crippen molar-refractivity contribution in [1.82, 2.24) is 15.6 Å². The molecule has 1 unspecified atom stereocenters. The summed E-state index contributed by atoms with van der Waals surface area (Å²) in [6, 6.07) is 13.9. The van der Waals surface area contributed by atoms with Gasteiger partial charge in [0.25, 0.3) is 0 Å². The van der Waals surface area contributed by atoms with E-state index in [4.69, 9.17) is 4.74 Å². The summed E-state index contributed by atoms with van der Waals surface area (Å²) in [5.74, 6) is 1.37. The van der Waals surface area contributed by atoms with Gasteiger partial charge in [-0.3, -0.25) is 0 Å². The Kier molecular flexibility index (Phi) is 13.0. The maximum Gasteiger partial charge on any atom is 0.218 e. The molecule has 29 heavy (non-hydrogen) atoms. The van der Waals surface area contributed by atoms with E-state index >= 15 is 0 Å². The van der Waals surface area contributed by atoms with Crippen LogP contribution >= 0.6 is 24.0 Å². The molecule has 0 bridgehead atoms. The van der Waals surface area contributed by atoms with E-state index in [9.17, 15) is 5.11 Å². The molecule has 0 aliphatic rings. The van der Waals surface area contributed by atoms with Crippen molar-refractivity contribution >= 4 is 29.9 Å². The van der Waals surface area contributed by atoms with Crippen LogP contribution in [0, 0.1) is 0 Å². The third-order valence-electron chi connectivity index (χ3n) is 4.35. The van der Waals surface area contributed by atoms with Gasteiger partial charge in [0.1, 0.15) is 0 Å². The molecule has 1 aromatic carbocycles. The normalized spacial score (nSPS) is 12.0. The molecule has 2 aromatic rings. The fourth-order valence-corrected chi connectivity index (χ4v) is 2.73. The standard InChI is InChI=1S/C22H32N4O2.HI/c1-3-5-14-28-21-19(12-9-13-24-21)15-25-22(23-4-2)26-16-20(17-27)18-10-7-6-8-11-18;/h6-13,20,27H,3-5,14-17H2,1-2H3,(H2,23,25,26);1H. The maximum atomic E-state index is 9.74. The van der Waals surface area contributed by atoms with E-state index in [2.05, 4.69) is 27.5 Å². The lowest BCUT2D eigenvalue weighted by Gasteiger charge is -2.18. The Bertz CT molecular complexity index is 713. The summed E-state index contributed by atoms with van der Waals surface area (Å²) in [6.45, 7) is 6.73. The molecule has 0 radical (unpaired) electrons. The molecule has 0 fully saturated rings. The molecule has 0 spiro atoms. The van der Waals surface area contributed by atoms with E-state index in [1.165, 1.54) is 0 Å². The number of aliphatic hydroxyl groups is 1. The first-order chi connectivity index (χ1) is 13.8. The maximum absolute atomic E-state index is 9.74. The summed E-state index contributed by atoms with van der Waals surface area (Å²) in [5, 5.41) is 16.3. The summed E-state index contributed by atoms with van der Waals surface area (Å²) < 4.78 is 5.79. The average Bonchev–Trinajstić information content (AvgIpc) is 2.74. The molecule has 2 rings (SSSR count). The van der Waals surface area contributed by atoms with Crippen LogP contribution in [0.5, 0.6) is 5.88 Å². The summed E-state index contributed by atoms with van der Waals surface area (Å²) in [4.78, 5) is 9.00. The van der Waals surface area contributed by atoms with Crippen molar-refractivity contribution in [2.75, 3.05) is 26.3 Å². The third-order valence-corrected chi connectivity index (χ3v) is 4.35. The molecule has 0 amide bonds. The van der Waals surface area contributed by atoms with Gasteiger partial charge in [0.15, 0.2) is 5.96 Å². The number of halogens is 1. The molecular formula is C22H33IN4O2. The number of unbranched alkanes of at least 4 members (excludes halogenated alkanes) is 1. The van der Waals surface area contributed by atoms with Gasteiger partial charge in [-0.2, -0.15) is 0 Å². The molecule has 1 heterocycles. The van der Waals surface area contributed by atoms with Gasteiger partial charge in [-0.1, -0.05) is 49.7 Å². The van der Waals surface area contributed by atoms with Crippen molar-refractivity contribution in [3.8, 4) is 5.88 Å². The highest BCUT2D eigenvalue weighted by atomic mass is 127. The molecular weight excluding hydrogens is 479 g/mol. The molecule has 160 valence electrons. The Morgan fingerprint density at radius 2 is 1.93 bits per heavy atom. The first-order valence-electron chi connectivity index (χ1n) is 10.0. The van der Waals surface area contributed by atoms with Crippen LogP contribution in [0.25, 0.3) is 0 Å². The van der Waals surface area contributed by atoms with Gasteiger partial charge in [-0.25, -0.2) is 9.98 Å². The summed E-state index contributed by atoms with van der Waals surface area (Å²) in [7, 11) is 0. The molecule has 3 N–H and O–H groups in total. The van der Waals surface area contributed by atoms with Crippen LogP contribution in [0.4, 0.5) is 0 Å². The number of ether oxygens (including phenoxy) is 1. The van der Waals surface area contributed by atoms with E-state index in [0.717, 1.165) is 30.5 Å². The Morgan fingerprint density at radius 3 is 2.62 bits per heavy atom. The minimum absolute atomic E-state index is 0. The van der Waals surface area contributed by atoms with Gasteiger partial charge in [0.05, 0.1) is 19.8 Å². The van der Waals surface area contributed by atoms with Crippen molar-refractivity contribution in [3.05, 3.63) is 59.8 Å². The average molecular weight is 512 g/mol. The zero-order valence-electron chi connectivity index (χ0n) is 17.3. The zero-order chi connectivity index (χ0) is 20.0. The van der Waals surface area contributed by atoms with Crippen LogP contribution in [0.2, 0.25) is 0 Å². The summed E-state index contributed by atoms with van der Waals surface area (Å²) in [6.07, 6.45) is 3.83. The van der Waals surface area contributed by atoms with Gasteiger partial charge >= 0.3 is 0 Å². The first kappa shape index (κ1) is 25.2. The molecule has 0 aliphatic heterocycles. The number of rotatable bonds is 11. The highest BCUT2D eigenvalue weighted by molar-refractivity contribution is 14.0. The van der Waals surface area contributed by atoms with E-state index in [1.807, 2.05) is 49.4 Å². The topological polar surface area (TPSA) is 78.8 Å². The highest BCUT2D eigenvalue weighted by Crippen LogP contribution is 2.16. The third kappa shape index (κ3) is 8.99. The Morgan fingerprint density at radius 1 is 1.14 bits per heavy atom. The predicted molar refractivity (Wildman–Crippen MR) is 129 cm³/mol. The van der Waals surface area contributed by atoms with E-state index < -0.39 is 0 Å². The van der Waals surface area contributed by atoms with Gasteiger partial charge in [0.2, 0.25) is 5.88 Å². The van der Waals surface area contributed by atoms with E-state index in [-0.39, 0.29) is 36.5 Å². The zero-order valence-corrected chi connectivity index (χ0v) is 19.6. The van der Waals surface area contributed by atoms with Crippen LogP contribution in [-0.2, 0) is 6.54 Å². The SMILES string of the molecule is CCCCOc1ncccc1CN=C(NCC)NCC(CO)c1ccccc1.I. The summed E-state index contributed by atoms with van der Waals surface area (Å²) in [5.41, 5.74) is 2.06. The van der Waals surface area contributed by atoms with Gasteiger partial charge in [-0.15, -0.1) is 24.0 Å². The van der Waals surface area contributed by atoms with Crippen molar-refractivity contribution in [1.29, 1.82) is 0 Å². The number of pyridine rings is 1. The smallest absolute Gasteiger partial charge is 0.218 e. The van der Waals surface area contributed by atoms with Crippen LogP contribution < -0.4 is 15.4 Å². The molecule has 1 aromatic heterocycles. The number of nitrogens with zero attached hydrogens (tertiary/aromatic N) is 2. The number of benzene rings is 1. The lowest BCUT2D eigenvalue weighted by Crippen LogP contribution is -2.39. The Hall–Kier alpha value is -1.87. The van der Waals surface area contributed by atoms with E-state index in [1.54, 1.807) is 6.20 Å². The Labute approximate surface area is 191 Å². The minimum atomic E-state index is 0. The van der Waals surface area contributed by atoms with Crippen molar-refractivity contribution in [2.24, 2.45) is 4.99 Å². The Balaban J connectivity index is 0.00000420. The minimum Gasteiger partial charge on any atom is -0.477 e. The molecule has 0 saturated heterocycles. The number of aliphatic hydroxyl groups excluding tert-OH is 1. The number of aromatic nitrogens is 1. The monoisotopic (exact) mass is 512 g/mol. The van der Waals surface area contributed by atoms with Crippen LogP contribution in [-0.4, -0.2) is 42.4 Å². The molecule has 7 heteroatoms. The van der Waals surface area contributed by atoms with Gasteiger partial charge in [-0.05, 0) is 25.0 Å². The first-order valence-corrected chi connectivity index (χ1v) is 10.0. The summed E-state index contributed by atoms with van der Waals surface area (Å²) >= 11 is 0. The predicted octanol–water partition coefficient (Wildman–Crippen LogP) is 3.71. The second-order valence-electron chi connectivity index (χ2n) is 6.54. The second-order valence-corrected chi connectivity index (χ2v) is 6.54. The van der Waals surface area contributed by atoms with Crippen LogP contribution in [0.1, 0.15) is 43.7 Å². The molecule has 0 aliphatic carbocycles. The van der Waals surface area contributed by atoms with Gasteiger partial charge < -0.3 is 20.5 Å². The molecule has 6 nitrogen and oxygen atoms in total. The molecule has 1 atom stereocenters. The largest absolute Gasteiger partial charge is 0.477 e. The fraction of sp³-hybridized carbons (Fsp3) is 0.455. The van der Waals surface area contributed by atoms with Crippen LogP contribution in [0.15, 0.2) is 53.7 Å². The van der Waals surface area contributed by atoms with Crippen molar-refractivity contribution in [3.63, 3.8) is 0 Å². The molecule has 0 saturated carbocycles.